The van der Waals surface area contributed by atoms with Crippen LogP contribution in [0.2, 0.25) is 0 Å². The minimum atomic E-state index is -0.248. The Morgan fingerprint density at radius 2 is 1.77 bits per heavy atom. The first kappa shape index (κ1) is 23.8. The normalized spacial score (nSPS) is 10.9. The maximum Gasteiger partial charge on any atom is 0.249 e. The summed E-state index contributed by atoms with van der Waals surface area (Å²) >= 11 is 0. The first-order chi connectivity index (χ1) is 17.0. The Morgan fingerprint density at radius 3 is 2.51 bits per heavy atom. The van der Waals surface area contributed by atoms with Crippen LogP contribution in [0.25, 0.3) is 6.08 Å². The van der Waals surface area contributed by atoms with Gasteiger partial charge in [0.2, 0.25) is 5.91 Å². The molecule has 0 spiro atoms. The first-order valence-electron chi connectivity index (χ1n) is 11.4. The van der Waals surface area contributed by atoms with Gasteiger partial charge in [-0.2, -0.15) is 5.10 Å². The maximum atomic E-state index is 12.5. The number of anilines is 1. The number of hydrogen-bond donors (Lipinski definition) is 1. The molecule has 0 aliphatic heterocycles. The summed E-state index contributed by atoms with van der Waals surface area (Å²) in [6.07, 6.45) is 3.26. The van der Waals surface area contributed by atoms with E-state index in [4.69, 9.17) is 9.47 Å². The van der Waals surface area contributed by atoms with E-state index in [2.05, 4.69) is 22.5 Å². The molecule has 4 rings (SSSR count). The Labute approximate surface area is 205 Å². The minimum absolute atomic E-state index is 0.248. The van der Waals surface area contributed by atoms with Crippen LogP contribution < -0.4 is 14.8 Å². The molecule has 0 aliphatic rings. The largest absolute Gasteiger partial charge is 0.496 e. The molecular formula is C29H29N3O3. The fraction of sp³-hybridized carbons (Fsp3) is 0.172. The van der Waals surface area contributed by atoms with Gasteiger partial charge in [0.1, 0.15) is 18.1 Å². The molecule has 6 heteroatoms. The SMILES string of the molecule is COc1ccc(/C=C/C(=O)Nc2cc(C)n(Cc3ccccc3)n2)cc1COc1ccc(C)cc1. The molecule has 1 N–H and O–H groups in total. The number of benzene rings is 3. The molecule has 4 aromatic rings. The quantitative estimate of drug-likeness (QED) is 0.317. The van der Waals surface area contributed by atoms with E-state index in [1.807, 2.05) is 85.3 Å². The highest BCUT2D eigenvalue weighted by Gasteiger charge is 2.08. The third kappa shape index (κ3) is 6.60. The Kier molecular flexibility index (Phi) is 7.63. The molecular weight excluding hydrogens is 438 g/mol. The van der Waals surface area contributed by atoms with E-state index in [1.54, 1.807) is 13.2 Å². The lowest BCUT2D eigenvalue weighted by Gasteiger charge is -2.11. The van der Waals surface area contributed by atoms with Crippen LogP contribution in [0.15, 0.2) is 84.9 Å². The van der Waals surface area contributed by atoms with E-state index in [1.165, 1.54) is 11.6 Å². The number of amides is 1. The molecule has 3 aromatic carbocycles. The number of ether oxygens (including phenoxy) is 2. The number of methoxy groups -OCH3 is 1. The summed E-state index contributed by atoms with van der Waals surface area (Å²) in [7, 11) is 1.63. The number of rotatable bonds is 9. The zero-order valence-corrected chi connectivity index (χ0v) is 20.2. The zero-order chi connectivity index (χ0) is 24.6. The standard InChI is InChI=1S/C29H29N3O3/c1-21-9-13-26(14-10-21)35-20-25-18-23(11-15-27(25)34-3)12-16-29(33)30-28-17-22(2)32(31-28)19-24-7-5-4-6-8-24/h4-18H,19-20H2,1-3H3,(H,30,31,33)/b16-12+. The maximum absolute atomic E-state index is 12.5. The van der Waals surface area contributed by atoms with Gasteiger partial charge >= 0.3 is 0 Å². The van der Waals surface area contributed by atoms with Crippen molar-refractivity contribution in [2.24, 2.45) is 0 Å². The Hall–Kier alpha value is -4.32. The Bertz CT molecular complexity index is 1310. The molecule has 1 heterocycles. The zero-order valence-electron chi connectivity index (χ0n) is 20.2. The predicted octanol–water partition coefficient (Wildman–Crippen LogP) is 5.79. The van der Waals surface area contributed by atoms with E-state index in [0.717, 1.165) is 33.9 Å². The third-order valence-corrected chi connectivity index (χ3v) is 5.55. The molecule has 178 valence electrons. The van der Waals surface area contributed by atoms with Crippen LogP contribution >= 0.6 is 0 Å². The molecule has 1 aromatic heterocycles. The van der Waals surface area contributed by atoms with E-state index in [9.17, 15) is 4.79 Å². The average molecular weight is 468 g/mol. The van der Waals surface area contributed by atoms with Crippen LogP contribution in [-0.2, 0) is 17.9 Å². The molecule has 0 bridgehead atoms. The van der Waals surface area contributed by atoms with E-state index < -0.39 is 0 Å². The highest BCUT2D eigenvalue weighted by molar-refractivity contribution is 6.01. The lowest BCUT2D eigenvalue weighted by atomic mass is 10.1. The van der Waals surface area contributed by atoms with Gasteiger partial charge in [0.25, 0.3) is 0 Å². The summed E-state index contributed by atoms with van der Waals surface area (Å²) in [5.74, 6) is 1.80. The average Bonchev–Trinajstić information content (AvgIpc) is 3.21. The van der Waals surface area contributed by atoms with Crippen molar-refractivity contribution >= 4 is 17.8 Å². The summed E-state index contributed by atoms with van der Waals surface area (Å²) in [4.78, 5) is 12.5. The van der Waals surface area contributed by atoms with Crippen LogP contribution in [-0.4, -0.2) is 22.8 Å². The van der Waals surface area contributed by atoms with Gasteiger partial charge in [-0.1, -0.05) is 54.1 Å². The topological polar surface area (TPSA) is 65.4 Å². The second kappa shape index (κ2) is 11.2. The second-order valence-electron chi connectivity index (χ2n) is 8.31. The van der Waals surface area contributed by atoms with E-state index in [0.29, 0.717) is 19.0 Å². The summed E-state index contributed by atoms with van der Waals surface area (Å²) in [6.45, 7) is 5.02. The van der Waals surface area contributed by atoms with Gasteiger partial charge in [-0.05, 0) is 55.3 Å². The van der Waals surface area contributed by atoms with Crippen LogP contribution in [0.1, 0.15) is 27.9 Å². The molecule has 0 aliphatic carbocycles. The smallest absolute Gasteiger partial charge is 0.249 e. The number of carbonyl (C=O) groups excluding carboxylic acids is 1. The fourth-order valence-corrected chi connectivity index (χ4v) is 3.64. The number of aryl methyl sites for hydroxylation is 2. The summed E-state index contributed by atoms with van der Waals surface area (Å²) in [6, 6.07) is 25.6. The van der Waals surface area contributed by atoms with Crippen molar-refractivity contribution in [3.05, 3.63) is 113 Å². The number of hydrogen-bond acceptors (Lipinski definition) is 4. The van der Waals surface area contributed by atoms with Crippen molar-refractivity contribution in [2.75, 3.05) is 12.4 Å². The second-order valence-corrected chi connectivity index (χ2v) is 8.31. The molecule has 0 unspecified atom stereocenters. The van der Waals surface area contributed by atoms with Crippen LogP contribution in [0.5, 0.6) is 11.5 Å². The molecule has 0 atom stereocenters. The van der Waals surface area contributed by atoms with Gasteiger partial charge in [0.15, 0.2) is 5.82 Å². The van der Waals surface area contributed by atoms with Crippen LogP contribution in [0.3, 0.4) is 0 Å². The van der Waals surface area contributed by atoms with E-state index in [-0.39, 0.29) is 5.91 Å². The number of nitrogens with zero attached hydrogens (tertiary/aromatic N) is 2. The molecule has 6 nitrogen and oxygen atoms in total. The van der Waals surface area contributed by atoms with Gasteiger partial charge in [-0.3, -0.25) is 9.48 Å². The Balaban J connectivity index is 1.39. The molecule has 0 radical (unpaired) electrons. The van der Waals surface area contributed by atoms with Crippen molar-refractivity contribution in [1.29, 1.82) is 0 Å². The number of nitrogens with one attached hydrogen (secondary N) is 1. The molecule has 1 amide bonds. The summed E-state index contributed by atoms with van der Waals surface area (Å²) in [5.41, 5.74) is 5.07. The van der Waals surface area contributed by atoms with Gasteiger partial charge in [0.05, 0.1) is 13.7 Å². The van der Waals surface area contributed by atoms with Crippen molar-refractivity contribution in [1.82, 2.24) is 9.78 Å². The molecule has 0 saturated carbocycles. The third-order valence-electron chi connectivity index (χ3n) is 5.55. The van der Waals surface area contributed by atoms with Gasteiger partial charge < -0.3 is 14.8 Å². The highest BCUT2D eigenvalue weighted by atomic mass is 16.5. The predicted molar refractivity (Wildman–Crippen MR) is 139 cm³/mol. The van der Waals surface area contributed by atoms with Crippen LogP contribution in [0, 0.1) is 13.8 Å². The van der Waals surface area contributed by atoms with Crippen molar-refractivity contribution in [3.8, 4) is 11.5 Å². The van der Waals surface area contributed by atoms with Crippen molar-refractivity contribution in [3.63, 3.8) is 0 Å². The van der Waals surface area contributed by atoms with E-state index >= 15 is 0 Å². The molecule has 0 fully saturated rings. The minimum Gasteiger partial charge on any atom is -0.496 e. The van der Waals surface area contributed by atoms with Gasteiger partial charge in [-0.25, -0.2) is 0 Å². The molecule has 35 heavy (non-hydrogen) atoms. The van der Waals surface area contributed by atoms with Gasteiger partial charge in [-0.15, -0.1) is 0 Å². The monoisotopic (exact) mass is 467 g/mol. The lowest BCUT2D eigenvalue weighted by Crippen LogP contribution is -2.09. The Morgan fingerprint density at radius 1 is 1.00 bits per heavy atom. The highest BCUT2D eigenvalue weighted by Crippen LogP contribution is 2.23. The fourth-order valence-electron chi connectivity index (χ4n) is 3.64. The van der Waals surface area contributed by atoms with Crippen molar-refractivity contribution < 1.29 is 14.3 Å². The number of carbonyl (C=O) groups is 1. The first-order valence-corrected chi connectivity index (χ1v) is 11.4. The lowest BCUT2D eigenvalue weighted by molar-refractivity contribution is -0.111. The van der Waals surface area contributed by atoms with Gasteiger partial charge in [0, 0.05) is 23.4 Å². The summed E-state index contributed by atoms with van der Waals surface area (Å²) in [5, 5.41) is 7.35. The van der Waals surface area contributed by atoms with Crippen LogP contribution in [0.4, 0.5) is 5.82 Å². The molecule has 0 saturated heterocycles. The van der Waals surface area contributed by atoms with Crippen molar-refractivity contribution in [2.45, 2.75) is 27.0 Å². The number of aromatic nitrogens is 2. The summed E-state index contributed by atoms with van der Waals surface area (Å²) < 4.78 is 13.3.